The number of hydrogen-bond donors (Lipinski definition) is 2. The fourth-order valence-electron chi connectivity index (χ4n) is 3.35. The zero-order valence-corrected chi connectivity index (χ0v) is 14.9. The Morgan fingerprint density at radius 2 is 1.93 bits per heavy atom. The van der Waals surface area contributed by atoms with Crippen molar-refractivity contribution in [2.45, 2.75) is 12.8 Å². The summed E-state index contributed by atoms with van der Waals surface area (Å²) in [4.78, 5) is 24.7. The van der Waals surface area contributed by atoms with Crippen LogP contribution in [-0.4, -0.2) is 28.8 Å². The lowest BCUT2D eigenvalue weighted by molar-refractivity contribution is 0.0940. The van der Waals surface area contributed by atoms with E-state index >= 15 is 0 Å². The number of ether oxygens (including phenoxy) is 1. The Kier molecular flexibility index (Phi) is 4.78. The van der Waals surface area contributed by atoms with Gasteiger partial charge in [0.05, 0.1) is 12.3 Å². The molecule has 0 bridgehead atoms. The van der Waals surface area contributed by atoms with Gasteiger partial charge in [-0.2, -0.15) is 0 Å². The molecule has 0 saturated carbocycles. The minimum Gasteiger partial charge on any atom is -0.493 e. The van der Waals surface area contributed by atoms with Crippen LogP contribution in [0.4, 0.5) is 0 Å². The summed E-state index contributed by atoms with van der Waals surface area (Å²) in [5.41, 5.74) is 1.86. The number of aromatic nitrogens is 2. The standard InChI is InChI=1S/C21H21N3O3/c25-20-13-18(23-24(20)17-7-2-1-3-8-17)21(26)22-14-15-10-11-27-19-9-5-4-6-16(19)12-15/h1-9,13,15,23H,10-12,14H2,(H,22,26). The van der Waals surface area contributed by atoms with Crippen LogP contribution in [0.1, 0.15) is 22.5 Å². The van der Waals surface area contributed by atoms with Crippen LogP contribution in [0, 0.1) is 5.92 Å². The first-order valence-electron chi connectivity index (χ1n) is 9.07. The van der Waals surface area contributed by atoms with Crippen molar-refractivity contribution in [3.8, 4) is 11.4 Å². The van der Waals surface area contributed by atoms with Crippen LogP contribution in [0.3, 0.4) is 0 Å². The van der Waals surface area contributed by atoms with E-state index in [9.17, 15) is 9.59 Å². The number of H-pyrrole nitrogens is 1. The molecule has 6 heteroatoms. The van der Waals surface area contributed by atoms with Crippen LogP contribution < -0.4 is 15.6 Å². The van der Waals surface area contributed by atoms with Gasteiger partial charge < -0.3 is 10.1 Å². The number of rotatable bonds is 4. The van der Waals surface area contributed by atoms with Crippen molar-refractivity contribution in [3.63, 3.8) is 0 Å². The molecule has 0 aliphatic carbocycles. The van der Waals surface area contributed by atoms with E-state index in [2.05, 4.69) is 16.5 Å². The largest absolute Gasteiger partial charge is 0.493 e. The lowest BCUT2D eigenvalue weighted by Crippen LogP contribution is -2.30. The summed E-state index contributed by atoms with van der Waals surface area (Å²) in [5.74, 6) is 0.941. The molecule has 4 rings (SSSR count). The number of hydrogen-bond acceptors (Lipinski definition) is 3. The van der Waals surface area contributed by atoms with Crippen LogP contribution in [0.2, 0.25) is 0 Å². The van der Waals surface area contributed by atoms with Crippen molar-refractivity contribution in [2.24, 2.45) is 5.92 Å². The summed E-state index contributed by atoms with van der Waals surface area (Å²) in [6.45, 7) is 1.17. The summed E-state index contributed by atoms with van der Waals surface area (Å²) in [7, 11) is 0. The van der Waals surface area contributed by atoms with Crippen molar-refractivity contribution in [3.05, 3.63) is 82.3 Å². The smallest absolute Gasteiger partial charge is 0.271 e. The number of benzene rings is 2. The van der Waals surface area contributed by atoms with Crippen LogP contribution >= 0.6 is 0 Å². The average Bonchev–Trinajstić information content (AvgIpc) is 2.96. The molecule has 3 aromatic rings. The summed E-state index contributed by atoms with van der Waals surface area (Å²) >= 11 is 0. The zero-order valence-electron chi connectivity index (χ0n) is 14.9. The van der Waals surface area contributed by atoms with Gasteiger partial charge in [0.25, 0.3) is 11.5 Å². The van der Waals surface area contributed by atoms with E-state index < -0.39 is 0 Å². The lowest BCUT2D eigenvalue weighted by atomic mass is 9.97. The van der Waals surface area contributed by atoms with Crippen molar-refractivity contribution >= 4 is 5.91 Å². The third-order valence-corrected chi connectivity index (χ3v) is 4.80. The Bertz CT molecular complexity index is 991. The SMILES string of the molecule is O=C(NCC1CCOc2ccccc2C1)c1cc(=O)n(-c2ccccc2)[nH]1. The zero-order chi connectivity index (χ0) is 18.6. The number of carbonyl (C=O) groups excluding carboxylic acids is 1. The van der Waals surface area contributed by atoms with E-state index in [0.717, 1.165) is 24.2 Å². The number of nitrogens with zero attached hydrogens (tertiary/aromatic N) is 1. The first-order chi connectivity index (χ1) is 13.2. The van der Waals surface area contributed by atoms with Gasteiger partial charge in [-0.25, -0.2) is 4.68 Å². The molecule has 1 unspecified atom stereocenters. The van der Waals surface area contributed by atoms with Gasteiger partial charge in [-0.1, -0.05) is 36.4 Å². The van der Waals surface area contributed by atoms with Crippen molar-refractivity contribution in [1.82, 2.24) is 15.1 Å². The average molecular weight is 363 g/mol. The molecule has 138 valence electrons. The van der Waals surface area contributed by atoms with E-state index in [1.165, 1.54) is 10.7 Å². The monoisotopic (exact) mass is 363 g/mol. The number of nitrogens with one attached hydrogen (secondary N) is 2. The molecule has 0 fully saturated rings. The molecule has 0 radical (unpaired) electrons. The maximum Gasteiger partial charge on any atom is 0.271 e. The molecule has 1 aromatic heterocycles. The maximum atomic E-state index is 12.5. The molecule has 6 nitrogen and oxygen atoms in total. The first kappa shape index (κ1) is 17.1. The highest BCUT2D eigenvalue weighted by Gasteiger charge is 2.19. The fourth-order valence-corrected chi connectivity index (χ4v) is 3.35. The van der Waals surface area contributed by atoms with Gasteiger partial charge >= 0.3 is 0 Å². The summed E-state index contributed by atoms with van der Waals surface area (Å²) < 4.78 is 7.14. The number of aromatic amines is 1. The number of para-hydroxylation sites is 2. The lowest BCUT2D eigenvalue weighted by Gasteiger charge is -2.14. The third-order valence-electron chi connectivity index (χ3n) is 4.80. The second kappa shape index (κ2) is 7.53. The molecule has 0 saturated heterocycles. The molecule has 0 spiro atoms. The minimum absolute atomic E-state index is 0.258. The van der Waals surface area contributed by atoms with E-state index in [-0.39, 0.29) is 17.2 Å². The number of fused-ring (bicyclic) bond motifs is 1. The van der Waals surface area contributed by atoms with Gasteiger partial charge in [-0.05, 0) is 42.5 Å². The van der Waals surface area contributed by atoms with Crippen molar-refractivity contribution < 1.29 is 9.53 Å². The minimum atomic E-state index is -0.278. The van der Waals surface area contributed by atoms with Gasteiger partial charge in [0, 0.05) is 12.6 Å². The van der Waals surface area contributed by atoms with Crippen LogP contribution in [0.5, 0.6) is 5.75 Å². The highest BCUT2D eigenvalue weighted by Crippen LogP contribution is 2.26. The normalized spacial score (nSPS) is 16.1. The molecule has 1 amide bonds. The highest BCUT2D eigenvalue weighted by molar-refractivity contribution is 5.92. The molecular formula is C21H21N3O3. The van der Waals surface area contributed by atoms with Gasteiger partial charge in [-0.3, -0.25) is 14.7 Å². The van der Waals surface area contributed by atoms with Crippen molar-refractivity contribution in [1.29, 1.82) is 0 Å². The van der Waals surface area contributed by atoms with Crippen LogP contribution in [-0.2, 0) is 6.42 Å². The maximum absolute atomic E-state index is 12.5. The molecule has 1 aliphatic rings. The first-order valence-corrected chi connectivity index (χ1v) is 9.07. The van der Waals surface area contributed by atoms with Gasteiger partial charge in [0.2, 0.25) is 0 Å². The van der Waals surface area contributed by atoms with Gasteiger partial charge in [0.1, 0.15) is 11.4 Å². The Hall–Kier alpha value is -3.28. The summed E-state index contributed by atoms with van der Waals surface area (Å²) in [6.07, 6.45) is 1.73. The van der Waals surface area contributed by atoms with Gasteiger partial charge in [0.15, 0.2) is 0 Å². The molecule has 2 heterocycles. The Morgan fingerprint density at radius 1 is 1.15 bits per heavy atom. The van der Waals surface area contributed by atoms with E-state index in [0.29, 0.717) is 24.8 Å². The third kappa shape index (κ3) is 3.79. The predicted octanol–water partition coefficient (Wildman–Crippen LogP) is 2.54. The Morgan fingerprint density at radius 3 is 2.78 bits per heavy atom. The molecule has 1 aliphatic heterocycles. The molecule has 1 atom stereocenters. The Balaban J connectivity index is 1.42. The molecule has 2 aromatic carbocycles. The summed E-state index contributed by atoms with van der Waals surface area (Å²) in [6, 6.07) is 18.5. The molecular weight excluding hydrogens is 342 g/mol. The molecule has 27 heavy (non-hydrogen) atoms. The topological polar surface area (TPSA) is 76.1 Å². The highest BCUT2D eigenvalue weighted by atomic mass is 16.5. The fraction of sp³-hybridized carbons (Fsp3) is 0.238. The van der Waals surface area contributed by atoms with Gasteiger partial charge in [-0.15, -0.1) is 0 Å². The predicted molar refractivity (Wildman–Crippen MR) is 102 cm³/mol. The number of carbonyl (C=O) groups is 1. The summed E-state index contributed by atoms with van der Waals surface area (Å²) in [5, 5.41) is 5.82. The quantitative estimate of drug-likeness (QED) is 0.748. The second-order valence-electron chi connectivity index (χ2n) is 6.70. The van der Waals surface area contributed by atoms with E-state index in [1.54, 1.807) is 0 Å². The second-order valence-corrected chi connectivity index (χ2v) is 6.70. The van der Waals surface area contributed by atoms with Crippen LogP contribution in [0.25, 0.3) is 5.69 Å². The van der Waals surface area contributed by atoms with Crippen molar-refractivity contribution in [2.75, 3.05) is 13.2 Å². The Labute approximate surface area is 156 Å². The molecule has 2 N–H and O–H groups in total. The van der Waals surface area contributed by atoms with Crippen LogP contribution in [0.15, 0.2) is 65.5 Å². The van der Waals surface area contributed by atoms with E-state index in [4.69, 9.17) is 4.74 Å². The van der Waals surface area contributed by atoms with E-state index in [1.807, 2.05) is 48.5 Å². The number of amides is 1.